The highest BCUT2D eigenvalue weighted by Gasteiger charge is 2.45. The predicted octanol–water partition coefficient (Wildman–Crippen LogP) is 5.33. The molecule has 0 aromatic heterocycles. The molecule has 0 radical (unpaired) electrons. The Balaban J connectivity index is 1.41. The Bertz CT molecular complexity index is 721. The molecule has 0 saturated heterocycles. The molecule has 0 amide bonds. The van der Waals surface area contributed by atoms with E-state index in [-0.39, 0.29) is 30.0 Å². The molecular formula is C28H42O4. The Morgan fingerprint density at radius 2 is 2.03 bits per heavy atom. The summed E-state index contributed by atoms with van der Waals surface area (Å²) in [4.78, 5) is 12.1. The van der Waals surface area contributed by atoms with Gasteiger partial charge in [0, 0.05) is 18.8 Å². The van der Waals surface area contributed by atoms with Crippen LogP contribution in [-0.4, -0.2) is 34.5 Å². The Morgan fingerprint density at radius 1 is 1.25 bits per heavy atom. The summed E-state index contributed by atoms with van der Waals surface area (Å²) in [5.41, 5.74) is 1.47. The van der Waals surface area contributed by atoms with E-state index in [2.05, 4.69) is 24.0 Å². The molecule has 6 atom stereocenters. The third-order valence-corrected chi connectivity index (χ3v) is 7.69. The average molecular weight is 443 g/mol. The van der Waals surface area contributed by atoms with Crippen LogP contribution >= 0.6 is 0 Å². The van der Waals surface area contributed by atoms with Gasteiger partial charge in [0.15, 0.2) is 0 Å². The molecule has 3 saturated carbocycles. The SMILES string of the molecule is CC#CCC(C)[C@H](O)/C=C/[C@@H]1[C@H]2C/C(=C/CCCC(=O)OC3CCCCC3)C[C@H]2C[C@H]1O. The number of hydrogen-bond acceptors (Lipinski definition) is 4. The summed E-state index contributed by atoms with van der Waals surface area (Å²) >= 11 is 0. The van der Waals surface area contributed by atoms with Gasteiger partial charge in [-0.25, -0.2) is 0 Å². The minimum atomic E-state index is -0.521. The van der Waals surface area contributed by atoms with Crippen LogP contribution in [0.2, 0.25) is 0 Å². The molecule has 2 N–H and O–H groups in total. The lowest BCUT2D eigenvalue weighted by Crippen LogP contribution is -2.20. The molecule has 3 aliphatic carbocycles. The fourth-order valence-electron chi connectivity index (χ4n) is 5.74. The molecule has 3 aliphatic rings. The second-order valence-electron chi connectivity index (χ2n) is 10.2. The highest BCUT2D eigenvalue weighted by atomic mass is 16.5. The van der Waals surface area contributed by atoms with E-state index in [9.17, 15) is 15.0 Å². The van der Waals surface area contributed by atoms with Crippen molar-refractivity contribution in [1.29, 1.82) is 0 Å². The summed E-state index contributed by atoms with van der Waals surface area (Å²) in [6.07, 6.45) is 17.2. The van der Waals surface area contributed by atoms with Gasteiger partial charge >= 0.3 is 5.97 Å². The third kappa shape index (κ3) is 7.22. The normalized spacial score (nSPS) is 31.3. The van der Waals surface area contributed by atoms with Gasteiger partial charge in [-0.2, -0.15) is 0 Å². The summed E-state index contributed by atoms with van der Waals surface area (Å²) in [5.74, 6) is 7.08. The number of allylic oxidation sites excluding steroid dienone is 2. The summed E-state index contributed by atoms with van der Waals surface area (Å²) < 4.78 is 5.61. The number of fused-ring (bicyclic) bond motifs is 1. The molecule has 0 bridgehead atoms. The van der Waals surface area contributed by atoms with E-state index in [0.29, 0.717) is 24.7 Å². The molecule has 0 aromatic carbocycles. The maximum atomic E-state index is 12.1. The smallest absolute Gasteiger partial charge is 0.306 e. The zero-order chi connectivity index (χ0) is 22.9. The lowest BCUT2D eigenvalue weighted by atomic mass is 9.89. The first kappa shape index (κ1) is 25.1. The standard InChI is InChI=1S/C28H42O4/c1-3-4-10-20(2)26(29)16-15-24-25-18-21(17-22(25)19-27(24)30)11-8-9-14-28(31)32-23-12-6-5-7-13-23/h11,15-16,20,22-27,29-30H,5-10,12-14,17-19H2,1-2H3/b16-15+,21-11+/t20?,22-,24+,25-,26+,27+/m0/s1. The van der Waals surface area contributed by atoms with Gasteiger partial charge in [-0.1, -0.05) is 37.1 Å². The molecule has 0 spiro atoms. The molecular weight excluding hydrogens is 400 g/mol. The minimum Gasteiger partial charge on any atom is -0.462 e. The number of aliphatic hydroxyl groups is 2. The zero-order valence-corrected chi connectivity index (χ0v) is 20.0. The number of hydrogen-bond donors (Lipinski definition) is 2. The summed E-state index contributed by atoms with van der Waals surface area (Å²) in [5, 5.41) is 20.9. The molecule has 0 heterocycles. The maximum Gasteiger partial charge on any atom is 0.306 e. The molecule has 1 unspecified atom stereocenters. The Kier molecular flexibility index (Phi) is 9.88. The van der Waals surface area contributed by atoms with Gasteiger partial charge in [0.2, 0.25) is 0 Å². The fourth-order valence-corrected chi connectivity index (χ4v) is 5.74. The van der Waals surface area contributed by atoms with E-state index in [1.54, 1.807) is 0 Å². The van der Waals surface area contributed by atoms with E-state index < -0.39 is 6.10 Å². The number of aliphatic hydroxyl groups excluding tert-OH is 2. The van der Waals surface area contributed by atoms with E-state index in [1.807, 2.05) is 19.9 Å². The number of carbonyl (C=O) groups is 1. The quantitative estimate of drug-likeness (QED) is 0.219. The summed E-state index contributed by atoms with van der Waals surface area (Å²) in [7, 11) is 0. The van der Waals surface area contributed by atoms with Crippen LogP contribution in [0.1, 0.15) is 90.9 Å². The van der Waals surface area contributed by atoms with Crippen LogP contribution in [0.3, 0.4) is 0 Å². The van der Waals surface area contributed by atoms with Crippen LogP contribution in [0.4, 0.5) is 0 Å². The number of ether oxygens (including phenoxy) is 1. The summed E-state index contributed by atoms with van der Waals surface area (Å²) in [6, 6.07) is 0. The van der Waals surface area contributed by atoms with E-state index in [4.69, 9.17) is 4.74 Å². The minimum absolute atomic E-state index is 0.0374. The van der Waals surface area contributed by atoms with Crippen molar-refractivity contribution in [3.8, 4) is 11.8 Å². The fraction of sp³-hybridized carbons (Fsp3) is 0.750. The van der Waals surface area contributed by atoms with E-state index in [1.165, 1.54) is 24.8 Å². The second kappa shape index (κ2) is 12.6. The van der Waals surface area contributed by atoms with Crippen LogP contribution in [0.15, 0.2) is 23.8 Å². The molecule has 0 aromatic rings. The van der Waals surface area contributed by atoms with Gasteiger partial charge in [0.05, 0.1) is 12.2 Å². The van der Waals surface area contributed by atoms with Crippen molar-refractivity contribution in [2.75, 3.05) is 0 Å². The topological polar surface area (TPSA) is 66.8 Å². The van der Waals surface area contributed by atoms with Crippen molar-refractivity contribution in [2.24, 2.45) is 23.7 Å². The maximum absolute atomic E-state index is 12.1. The zero-order valence-electron chi connectivity index (χ0n) is 20.0. The largest absolute Gasteiger partial charge is 0.462 e. The second-order valence-corrected chi connectivity index (χ2v) is 10.2. The first-order valence-electron chi connectivity index (χ1n) is 12.8. The Hall–Kier alpha value is -1.57. The molecule has 0 aliphatic heterocycles. The van der Waals surface area contributed by atoms with Crippen molar-refractivity contribution in [3.05, 3.63) is 23.8 Å². The number of unbranched alkanes of at least 4 members (excludes halogenated alkanes) is 1. The van der Waals surface area contributed by atoms with Gasteiger partial charge in [-0.05, 0) is 82.5 Å². The van der Waals surface area contributed by atoms with Crippen LogP contribution in [0, 0.1) is 35.5 Å². The Labute approximate surface area is 194 Å². The molecule has 178 valence electrons. The van der Waals surface area contributed by atoms with Gasteiger partial charge in [-0.15, -0.1) is 11.8 Å². The van der Waals surface area contributed by atoms with Crippen LogP contribution in [0.25, 0.3) is 0 Å². The Morgan fingerprint density at radius 3 is 2.78 bits per heavy atom. The van der Waals surface area contributed by atoms with Crippen LogP contribution in [-0.2, 0) is 9.53 Å². The van der Waals surface area contributed by atoms with Gasteiger partial charge < -0.3 is 14.9 Å². The van der Waals surface area contributed by atoms with Crippen molar-refractivity contribution >= 4 is 5.97 Å². The van der Waals surface area contributed by atoms with E-state index in [0.717, 1.165) is 44.9 Å². The highest BCUT2D eigenvalue weighted by Crippen LogP contribution is 2.50. The monoisotopic (exact) mass is 442 g/mol. The lowest BCUT2D eigenvalue weighted by Gasteiger charge is -2.21. The van der Waals surface area contributed by atoms with Crippen molar-refractivity contribution < 1.29 is 19.7 Å². The first-order valence-corrected chi connectivity index (χ1v) is 12.8. The van der Waals surface area contributed by atoms with Crippen LogP contribution in [0.5, 0.6) is 0 Å². The highest BCUT2D eigenvalue weighted by molar-refractivity contribution is 5.69. The molecule has 4 heteroatoms. The van der Waals surface area contributed by atoms with Gasteiger partial charge in [0.25, 0.3) is 0 Å². The third-order valence-electron chi connectivity index (χ3n) is 7.69. The van der Waals surface area contributed by atoms with Crippen molar-refractivity contribution in [2.45, 2.75) is 109 Å². The lowest BCUT2D eigenvalue weighted by molar-refractivity contribution is -0.150. The number of carbonyl (C=O) groups excluding carboxylic acids is 1. The predicted molar refractivity (Wildman–Crippen MR) is 128 cm³/mol. The van der Waals surface area contributed by atoms with Crippen LogP contribution < -0.4 is 0 Å². The summed E-state index contributed by atoms with van der Waals surface area (Å²) in [6.45, 7) is 3.83. The first-order chi connectivity index (χ1) is 15.5. The van der Waals surface area contributed by atoms with Gasteiger partial charge in [-0.3, -0.25) is 4.79 Å². The molecule has 3 rings (SSSR count). The van der Waals surface area contributed by atoms with E-state index >= 15 is 0 Å². The van der Waals surface area contributed by atoms with Crippen molar-refractivity contribution in [3.63, 3.8) is 0 Å². The number of rotatable bonds is 9. The average Bonchev–Trinajstić information content (AvgIpc) is 3.30. The molecule has 32 heavy (non-hydrogen) atoms. The van der Waals surface area contributed by atoms with Crippen molar-refractivity contribution in [1.82, 2.24) is 0 Å². The number of esters is 1. The molecule has 3 fully saturated rings. The molecule has 4 nitrogen and oxygen atoms in total. The van der Waals surface area contributed by atoms with Gasteiger partial charge in [0.1, 0.15) is 6.10 Å².